The van der Waals surface area contributed by atoms with Crippen LogP contribution < -0.4 is 0 Å². The lowest BCUT2D eigenvalue weighted by Crippen LogP contribution is -2.31. The number of rotatable bonds is 6. The first-order valence-electron chi connectivity index (χ1n) is 10.4. The Hall–Kier alpha value is -2.97. The molecule has 5 nitrogen and oxygen atoms in total. The number of hydrogen-bond acceptors (Lipinski definition) is 5. The predicted molar refractivity (Wildman–Crippen MR) is 125 cm³/mol. The Labute approximate surface area is 193 Å². The molecule has 1 aliphatic heterocycles. The van der Waals surface area contributed by atoms with Crippen molar-refractivity contribution in [3.05, 3.63) is 82.8 Å². The highest BCUT2D eigenvalue weighted by Crippen LogP contribution is 2.35. The highest BCUT2D eigenvalue weighted by Gasteiger charge is 2.31. The van der Waals surface area contributed by atoms with Gasteiger partial charge in [0.15, 0.2) is 11.0 Å². The Morgan fingerprint density at radius 2 is 1.88 bits per heavy atom. The van der Waals surface area contributed by atoms with Crippen molar-refractivity contribution in [1.82, 2.24) is 19.7 Å². The second-order valence-electron chi connectivity index (χ2n) is 7.51. The van der Waals surface area contributed by atoms with Crippen molar-refractivity contribution in [1.29, 1.82) is 0 Å². The smallest absolute Gasteiger partial charge is 0.233 e. The molecule has 0 aliphatic carbocycles. The van der Waals surface area contributed by atoms with E-state index >= 15 is 0 Å². The van der Waals surface area contributed by atoms with E-state index in [1.165, 1.54) is 22.7 Å². The molecule has 8 heteroatoms. The molecule has 0 saturated carbocycles. The van der Waals surface area contributed by atoms with Crippen molar-refractivity contribution in [3.8, 4) is 17.1 Å². The molecule has 1 aliphatic rings. The van der Waals surface area contributed by atoms with Gasteiger partial charge in [0.25, 0.3) is 0 Å². The van der Waals surface area contributed by atoms with Gasteiger partial charge < -0.3 is 4.90 Å². The van der Waals surface area contributed by atoms with Gasteiger partial charge in [-0.3, -0.25) is 9.36 Å². The van der Waals surface area contributed by atoms with Crippen molar-refractivity contribution in [2.75, 3.05) is 12.3 Å². The summed E-state index contributed by atoms with van der Waals surface area (Å²) in [6.07, 6.45) is 2.01. The minimum atomic E-state index is -0.361. The third-order valence-electron chi connectivity index (χ3n) is 5.53. The van der Waals surface area contributed by atoms with Crippen molar-refractivity contribution in [2.24, 2.45) is 0 Å². The second-order valence-corrected chi connectivity index (χ2v) is 9.43. The van der Waals surface area contributed by atoms with Crippen LogP contribution in [0, 0.1) is 5.82 Å². The molecule has 1 fully saturated rings. The zero-order valence-corrected chi connectivity index (χ0v) is 18.9. The molecule has 1 unspecified atom stereocenters. The lowest BCUT2D eigenvalue weighted by molar-refractivity contribution is -0.129. The summed E-state index contributed by atoms with van der Waals surface area (Å²) in [5, 5.41) is 11.2. The summed E-state index contributed by atoms with van der Waals surface area (Å²) in [4.78, 5) is 16.3. The molecule has 0 spiro atoms. The van der Waals surface area contributed by atoms with Crippen LogP contribution in [-0.2, 0) is 4.79 Å². The Morgan fingerprint density at radius 3 is 2.66 bits per heavy atom. The topological polar surface area (TPSA) is 51.0 Å². The summed E-state index contributed by atoms with van der Waals surface area (Å²) in [6, 6.07) is 20.4. The number of halogens is 1. The van der Waals surface area contributed by atoms with Gasteiger partial charge in [0.1, 0.15) is 5.82 Å². The summed E-state index contributed by atoms with van der Waals surface area (Å²) in [7, 11) is 0. The zero-order valence-electron chi connectivity index (χ0n) is 17.2. The van der Waals surface area contributed by atoms with Crippen LogP contribution in [0.3, 0.4) is 0 Å². The molecule has 5 rings (SSSR count). The van der Waals surface area contributed by atoms with Crippen LogP contribution in [0.4, 0.5) is 4.39 Å². The average Bonchev–Trinajstić information content (AvgIpc) is 3.59. The van der Waals surface area contributed by atoms with Crippen LogP contribution in [0.5, 0.6) is 0 Å². The number of thiophene rings is 1. The SMILES string of the molecule is O=C(CSc1nnc(-c2ccccc2F)n1-c1ccccc1)N1CCCC1c1cccs1. The molecule has 162 valence electrons. The highest BCUT2D eigenvalue weighted by atomic mass is 32.2. The van der Waals surface area contributed by atoms with Gasteiger partial charge >= 0.3 is 0 Å². The minimum absolute atomic E-state index is 0.0842. The molecular formula is C24H21FN4OS2. The standard InChI is InChI=1S/C24H21FN4OS2/c25-19-11-5-4-10-18(19)23-26-27-24(29(23)17-8-2-1-3-9-17)32-16-22(30)28-14-6-12-20(28)21-13-7-15-31-21/h1-5,7-11,13,15,20H,6,12,14,16H2. The number of amides is 1. The van der Waals surface area contributed by atoms with E-state index in [-0.39, 0.29) is 23.5 Å². The first kappa shape index (κ1) is 20.9. The molecule has 0 radical (unpaired) electrons. The summed E-state index contributed by atoms with van der Waals surface area (Å²) in [6.45, 7) is 0.772. The summed E-state index contributed by atoms with van der Waals surface area (Å²) in [5.74, 6) is 0.396. The van der Waals surface area contributed by atoms with Crippen molar-refractivity contribution in [3.63, 3.8) is 0 Å². The van der Waals surface area contributed by atoms with Crippen LogP contribution >= 0.6 is 23.1 Å². The summed E-state index contributed by atoms with van der Waals surface area (Å²) >= 11 is 3.03. The Kier molecular flexibility index (Phi) is 6.05. The maximum atomic E-state index is 14.5. The molecule has 0 N–H and O–H groups in total. The first-order valence-corrected chi connectivity index (χ1v) is 12.3. The Balaban J connectivity index is 1.42. The minimum Gasteiger partial charge on any atom is -0.334 e. The number of benzene rings is 2. The zero-order chi connectivity index (χ0) is 21.9. The maximum absolute atomic E-state index is 14.5. The van der Waals surface area contributed by atoms with Crippen LogP contribution in [0.25, 0.3) is 17.1 Å². The number of likely N-dealkylation sites (tertiary alicyclic amines) is 1. The second kappa shape index (κ2) is 9.26. The van der Waals surface area contributed by atoms with Gasteiger partial charge in [-0.1, -0.05) is 48.2 Å². The summed E-state index contributed by atoms with van der Waals surface area (Å²) in [5.41, 5.74) is 1.20. The molecule has 0 bridgehead atoms. The molecule has 4 aromatic rings. The molecule has 32 heavy (non-hydrogen) atoms. The van der Waals surface area contributed by atoms with Crippen molar-refractivity contribution in [2.45, 2.75) is 24.0 Å². The van der Waals surface area contributed by atoms with E-state index in [0.29, 0.717) is 16.5 Å². The number of para-hydroxylation sites is 1. The highest BCUT2D eigenvalue weighted by molar-refractivity contribution is 7.99. The molecule has 3 heterocycles. The molecule has 2 aromatic carbocycles. The number of thioether (sulfide) groups is 1. The normalized spacial score (nSPS) is 15.9. The van der Waals surface area contributed by atoms with Crippen LogP contribution in [0.15, 0.2) is 77.3 Å². The van der Waals surface area contributed by atoms with Crippen LogP contribution in [-0.4, -0.2) is 37.9 Å². The van der Waals surface area contributed by atoms with Gasteiger partial charge in [0, 0.05) is 17.1 Å². The lowest BCUT2D eigenvalue weighted by atomic mass is 10.2. The predicted octanol–water partition coefficient (Wildman–Crippen LogP) is 5.59. The van der Waals surface area contributed by atoms with E-state index in [9.17, 15) is 9.18 Å². The third-order valence-corrected chi connectivity index (χ3v) is 7.42. The van der Waals surface area contributed by atoms with E-state index in [1.54, 1.807) is 29.5 Å². The summed E-state index contributed by atoms with van der Waals surface area (Å²) < 4.78 is 16.3. The number of nitrogens with zero attached hydrogens (tertiary/aromatic N) is 4. The fourth-order valence-corrected chi connectivity index (χ4v) is 5.75. The Bertz CT molecular complexity index is 1210. The Morgan fingerprint density at radius 1 is 1.06 bits per heavy atom. The number of aromatic nitrogens is 3. The van der Waals surface area contributed by atoms with Gasteiger partial charge in [-0.15, -0.1) is 21.5 Å². The first-order chi connectivity index (χ1) is 15.7. The van der Waals surface area contributed by atoms with Gasteiger partial charge in [-0.25, -0.2) is 4.39 Å². The van der Waals surface area contributed by atoms with E-state index in [2.05, 4.69) is 21.6 Å². The molecule has 1 saturated heterocycles. The largest absolute Gasteiger partial charge is 0.334 e. The third kappa shape index (κ3) is 4.08. The van der Waals surface area contributed by atoms with E-state index in [1.807, 2.05) is 45.9 Å². The van der Waals surface area contributed by atoms with Gasteiger partial charge in [-0.05, 0) is 48.6 Å². The maximum Gasteiger partial charge on any atom is 0.233 e. The number of carbonyl (C=O) groups is 1. The molecule has 1 atom stereocenters. The van der Waals surface area contributed by atoms with Crippen molar-refractivity contribution >= 4 is 29.0 Å². The van der Waals surface area contributed by atoms with Crippen molar-refractivity contribution < 1.29 is 9.18 Å². The van der Waals surface area contributed by atoms with Gasteiger partial charge in [0.05, 0.1) is 17.4 Å². The van der Waals surface area contributed by atoms with Gasteiger partial charge in [-0.2, -0.15) is 0 Å². The van der Waals surface area contributed by atoms with Crippen LogP contribution in [0.2, 0.25) is 0 Å². The van der Waals surface area contributed by atoms with E-state index in [4.69, 9.17) is 0 Å². The lowest BCUT2D eigenvalue weighted by Gasteiger charge is -2.23. The van der Waals surface area contributed by atoms with Crippen LogP contribution in [0.1, 0.15) is 23.8 Å². The number of hydrogen-bond donors (Lipinski definition) is 0. The quantitative estimate of drug-likeness (QED) is 0.349. The molecule has 1 amide bonds. The molecule has 2 aromatic heterocycles. The van der Waals surface area contributed by atoms with E-state index < -0.39 is 0 Å². The molecular weight excluding hydrogens is 443 g/mol. The monoisotopic (exact) mass is 464 g/mol. The fourth-order valence-electron chi connectivity index (χ4n) is 4.04. The van der Waals surface area contributed by atoms with Gasteiger partial charge in [0.2, 0.25) is 5.91 Å². The fraction of sp³-hybridized carbons (Fsp3) is 0.208. The number of carbonyl (C=O) groups excluding carboxylic acids is 1. The average molecular weight is 465 g/mol. The van der Waals surface area contributed by atoms with E-state index in [0.717, 1.165) is 25.1 Å².